The van der Waals surface area contributed by atoms with Crippen LogP contribution in [-0.4, -0.2) is 4.98 Å². The number of pyridine rings is 1. The van der Waals surface area contributed by atoms with Gasteiger partial charge in [-0.1, -0.05) is 17.7 Å². The fourth-order valence-corrected chi connectivity index (χ4v) is 3.01. The van der Waals surface area contributed by atoms with E-state index in [0.717, 1.165) is 20.8 Å². The highest BCUT2D eigenvalue weighted by Crippen LogP contribution is 2.32. The highest BCUT2D eigenvalue weighted by molar-refractivity contribution is 7.21. The lowest BCUT2D eigenvalue weighted by molar-refractivity contribution is -0.671. The van der Waals surface area contributed by atoms with Gasteiger partial charge in [0.25, 0.3) is 0 Å². The first-order chi connectivity index (χ1) is 8.24. The molecule has 2 aromatic heterocycles. The Bertz CT molecular complexity index is 696. The van der Waals surface area contributed by atoms with Crippen molar-refractivity contribution in [2.24, 2.45) is 7.05 Å². The Balaban J connectivity index is 0.00000120. The van der Waals surface area contributed by atoms with Gasteiger partial charge in [0, 0.05) is 6.07 Å². The number of fused-ring (bicyclic) bond motifs is 1. The van der Waals surface area contributed by atoms with Crippen molar-refractivity contribution >= 4 is 33.2 Å². The molecule has 2 heterocycles. The standard InChI is InChI=1S/C13H10ClN2S.HI/c1-16-7-3-4-9(8-16)13-15-12-10(14)5-2-6-11(12)17-13;/h2-8H,1H3;1H/q+1;/p-1. The van der Waals surface area contributed by atoms with E-state index < -0.39 is 0 Å². The van der Waals surface area contributed by atoms with Gasteiger partial charge in [-0.2, -0.15) is 0 Å². The molecule has 3 aromatic rings. The van der Waals surface area contributed by atoms with E-state index in [1.54, 1.807) is 11.3 Å². The van der Waals surface area contributed by atoms with Crippen LogP contribution in [0.15, 0.2) is 42.7 Å². The van der Waals surface area contributed by atoms with Gasteiger partial charge in [-0.15, -0.1) is 11.3 Å². The summed E-state index contributed by atoms with van der Waals surface area (Å²) in [5.74, 6) is 0. The maximum absolute atomic E-state index is 6.13. The van der Waals surface area contributed by atoms with Crippen molar-refractivity contribution in [3.05, 3.63) is 47.7 Å². The van der Waals surface area contributed by atoms with E-state index >= 15 is 0 Å². The summed E-state index contributed by atoms with van der Waals surface area (Å²) in [6.07, 6.45) is 4.06. The van der Waals surface area contributed by atoms with E-state index in [-0.39, 0.29) is 24.0 Å². The van der Waals surface area contributed by atoms with Crippen LogP contribution in [0.25, 0.3) is 20.8 Å². The van der Waals surface area contributed by atoms with E-state index in [4.69, 9.17) is 11.6 Å². The van der Waals surface area contributed by atoms with Crippen LogP contribution in [-0.2, 0) is 7.05 Å². The Labute approximate surface area is 131 Å². The molecule has 0 amide bonds. The topological polar surface area (TPSA) is 16.8 Å². The summed E-state index contributed by atoms with van der Waals surface area (Å²) in [7, 11) is 2.00. The Morgan fingerprint density at radius 1 is 1.22 bits per heavy atom. The molecule has 0 aliphatic rings. The molecule has 0 fully saturated rings. The molecule has 92 valence electrons. The number of nitrogens with zero attached hydrogens (tertiary/aromatic N) is 2. The minimum atomic E-state index is 0. The van der Waals surface area contributed by atoms with Crippen molar-refractivity contribution in [3.63, 3.8) is 0 Å². The Morgan fingerprint density at radius 3 is 2.78 bits per heavy atom. The summed E-state index contributed by atoms with van der Waals surface area (Å²) in [6, 6.07) is 9.95. The lowest BCUT2D eigenvalue weighted by Crippen LogP contribution is -3.00. The van der Waals surface area contributed by atoms with Crippen molar-refractivity contribution in [2.75, 3.05) is 0 Å². The Morgan fingerprint density at radius 2 is 2.06 bits per heavy atom. The smallest absolute Gasteiger partial charge is 0.178 e. The van der Waals surface area contributed by atoms with Crippen molar-refractivity contribution in [1.82, 2.24) is 4.98 Å². The van der Waals surface area contributed by atoms with Gasteiger partial charge < -0.3 is 24.0 Å². The van der Waals surface area contributed by atoms with Gasteiger partial charge in [-0.25, -0.2) is 9.55 Å². The number of benzene rings is 1. The molecule has 1 aromatic carbocycles. The van der Waals surface area contributed by atoms with Crippen LogP contribution in [0.4, 0.5) is 0 Å². The number of rotatable bonds is 1. The average Bonchev–Trinajstić information content (AvgIpc) is 2.74. The molecular formula is C13H10ClIN2S. The number of thiazole rings is 1. The van der Waals surface area contributed by atoms with Gasteiger partial charge in [-0.05, 0) is 18.2 Å². The van der Waals surface area contributed by atoms with Crippen LogP contribution in [0.5, 0.6) is 0 Å². The van der Waals surface area contributed by atoms with Crippen LogP contribution >= 0.6 is 22.9 Å². The first-order valence-corrected chi connectivity index (χ1v) is 6.44. The summed E-state index contributed by atoms with van der Waals surface area (Å²) in [5.41, 5.74) is 2.01. The van der Waals surface area contributed by atoms with Gasteiger partial charge in [-0.3, -0.25) is 0 Å². The first kappa shape index (κ1) is 13.7. The third-order valence-corrected chi connectivity index (χ3v) is 3.93. The summed E-state index contributed by atoms with van der Waals surface area (Å²) >= 11 is 7.79. The van der Waals surface area contributed by atoms with Gasteiger partial charge >= 0.3 is 0 Å². The van der Waals surface area contributed by atoms with Crippen LogP contribution in [0.3, 0.4) is 0 Å². The third kappa shape index (κ3) is 2.50. The molecule has 0 bridgehead atoms. The molecule has 0 saturated heterocycles. The van der Waals surface area contributed by atoms with Gasteiger partial charge in [0.1, 0.15) is 17.6 Å². The van der Waals surface area contributed by atoms with Crippen LogP contribution in [0.2, 0.25) is 5.02 Å². The minimum Gasteiger partial charge on any atom is -1.00 e. The monoisotopic (exact) mass is 388 g/mol. The second-order valence-electron chi connectivity index (χ2n) is 3.86. The first-order valence-electron chi connectivity index (χ1n) is 5.25. The summed E-state index contributed by atoms with van der Waals surface area (Å²) < 4.78 is 3.14. The molecule has 0 unspecified atom stereocenters. The number of hydrogen-bond acceptors (Lipinski definition) is 2. The van der Waals surface area contributed by atoms with E-state index in [1.807, 2.05) is 42.1 Å². The van der Waals surface area contributed by atoms with E-state index in [2.05, 4.69) is 17.2 Å². The number of aryl methyl sites for hydroxylation is 1. The highest BCUT2D eigenvalue weighted by atomic mass is 127. The summed E-state index contributed by atoms with van der Waals surface area (Å²) in [5, 5.41) is 1.72. The molecule has 0 spiro atoms. The van der Waals surface area contributed by atoms with Crippen LogP contribution in [0.1, 0.15) is 0 Å². The maximum atomic E-state index is 6.13. The van der Waals surface area contributed by atoms with Crippen LogP contribution in [0, 0.1) is 0 Å². The molecule has 18 heavy (non-hydrogen) atoms. The molecule has 0 aliphatic heterocycles. The highest BCUT2D eigenvalue weighted by Gasteiger charge is 2.10. The van der Waals surface area contributed by atoms with E-state index in [9.17, 15) is 0 Å². The lowest BCUT2D eigenvalue weighted by atomic mass is 10.3. The molecule has 0 saturated carbocycles. The van der Waals surface area contributed by atoms with Crippen molar-refractivity contribution in [2.45, 2.75) is 0 Å². The Kier molecular flexibility index (Phi) is 4.19. The largest absolute Gasteiger partial charge is 1.00 e. The number of hydrogen-bond donors (Lipinski definition) is 0. The van der Waals surface area contributed by atoms with Crippen molar-refractivity contribution in [3.8, 4) is 10.6 Å². The molecular weight excluding hydrogens is 379 g/mol. The number of para-hydroxylation sites is 1. The number of halogens is 2. The number of aromatic nitrogens is 2. The maximum Gasteiger partial charge on any atom is 0.178 e. The normalized spacial score (nSPS) is 10.3. The SMILES string of the molecule is C[n+]1cccc(-c2nc3c(Cl)cccc3s2)c1.[I-]. The molecule has 0 atom stereocenters. The molecule has 0 N–H and O–H groups in total. The summed E-state index contributed by atoms with van der Waals surface area (Å²) in [4.78, 5) is 4.60. The zero-order chi connectivity index (χ0) is 11.8. The second-order valence-corrected chi connectivity index (χ2v) is 5.30. The molecule has 0 aliphatic carbocycles. The zero-order valence-electron chi connectivity index (χ0n) is 9.60. The minimum absolute atomic E-state index is 0. The van der Waals surface area contributed by atoms with Gasteiger partial charge in [0.05, 0.1) is 15.3 Å². The molecule has 3 rings (SSSR count). The zero-order valence-corrected chi connectivity index (χ0v) is 13.3. The predicted molar refractivity (Wildman–Crippen MR) is 71.2 cm³/mol. The fraction of sp³-hybridized carbons (Fsp3) is 0.0769. The quantitative estimate of drug-likeness (QED) is 0.437. The molecule has 0 radical (unpaired) electrons. The predicted octanol–water partition coefficient (Wildman–Crippen LogP) is 0.445. The molecule has 2 nitrogen and oxygen atoms in total. The third-order valence-electron chi connectivity index (χ3n) is 2.56. The van der Waals surface area contributed by atoms with Crippen molar-refractivity contribution < 1.29 is 28.5 Å². The van der Waals surface area contributed by atoms with Crippen molar-refractivity contribution in [1.29, 1.82) is 0 Å². The van der Waals surface area contributed by atoms with Crippen LogP contribution < -0.4 is 28.5 Å². The Hall–Kier alpha value is -0.720. The van der Waals surface area contributed by atoms with Gasteiger partial charge in [0.15, 0.2) is 12.4 Å². The van der Waals surface area contributed by atoms with E-state index in [0.29, 0.717) is 5.02 Å². The fourth-order valence-electron chi connectivity index (χ4n) is 1.75. The van der Waals surface area contributed by atoms with Gasteiger partial charge in [0.2, 0.25) is 0 Å². The molecule has 5 heteroatoms. The summed E-state index contributed by atoms with van der Waals surface area (Å²) in [6.45, 7) is 0. The lowest BCUT2D eigenvalue weighted by Gasteiger charge is -1.92. The van der Waals surface area contributed by atoms with E-state index in [1.165, 1.54) is 0 Å². The average molecular weight is 389 g/mol. The second kappa shape index (κ2) is 5.50.